The van der Waals surface area contributed by atoms with Crippen molar-refractivity contribution >= 4 is 11.8 Å². The molecule has 0 saturated carbocycles. The molecule has 0 aromatic heterocycles. The normalized spacial score (nSPS) is 9.71. The van der Waals surface area contributed by atoms with Gasteiger partial charge in [-0.25, -0.2) is 0 Å². The van der Waals surface area contributed by atoms with Crippen molar-refractivity contribution in [3.8, 4) is 0 Å². The molecule has 0 heterocycles. The highest BCUT2D eigenvalue weighted by molar-refractivity contribution is 5.84. The van der Waals surface area contributed by atoms with E-state index in [1.807, 2.05) is 0 Å². The van der Waals surface area contributed by atoms with Crippen LogP contribution in [-0.4, -0.2) is 55.8 Å². The number of carbonyl (C=O) groups excluding carboxylic acids is 2. The Labute approximate surface area is 84.8 Å². The lowest BCUT2D eigenvalue weighted by molar-refractivity contribution is -0.138. The van der Waals surface area contributed by atoms with Crippen molar-refractivity contribution in [3.05, 3.63) is 0 Å². The molecule has 0 atom stereocenters. The van der Waals surface area contributed by atoms with Crippen LogP contribution < -0.4 is 5.73 Å². The number of nitrogens with zero attached hydrogens (tertiary/aromatic N) is 2. The zero-order valence-electron chi connectivity index (χ0n) is 9.12. The molecule has 0 radical (unpaired) electrons. The fourth-order valence-electron chi connectivity index (χ4n) is 0.877. The number of rotatable bonds is 5. The summed E-state index contributed by atoms with van der Waals surface area (Å²) in [6.45, 7) is 0.637. The van der Waals surface area contributed by atoms with Crippen LogP contribution in [0.5, 0.6) is 0 Å². The van der Waals surface area contributed by atoms with Crippen molar-refractivity contribution in [3.63, 3.8) is 0 Å². The Bertz CT molecular complexity index is 204. The first kappa shape index (κ1) is 12.9. The summed E-state index contributed by atoms with van der Waals surface area (Å²) in [7, 11) is 4.96. The number of carbonyl (C=O) groups is 2. The van der Waals surface area contributed by atoms with E-state index >= 15 is 0 Å². The highest BCUT2D eigenvalue weighted by Gasteiger charge is 2.12. The highest BCUT2D eigenvalue weighted by Crippen LogP contribution is 1.95. The van der Waals surface area contributed by atoms with Gasteiger partial charge in [-0.05, 0) is 13.0 Å². The van der Waals surface area contributed by atoms with Crippen LogP contribution in [0.15, 0.2) is 0 Å². The van der Waals surface area contributed by atoms with Gasteiger partial charge in [0, 0.05) is 27.6 Å². The smallest absolute Gasteiger partial charge is 0.241 e. The molecular formula is C9H19N3O2. The fourth-order valence-corrected chi connectivity index (χ4v) is 0.877. The van der Waals surface area contributed by atoms with Crippen LogP contribution in [0.3, 0.4) is 0 Å². The topological polar surface area (TPSA) is 66.6 Å². The lowest BCUT2D eigenvalue weighted by atomic mass is 10.3. The van der Waals surface area contributed by atoms with Crippen molar-refractivity contribution in [2.45, 2.75) is 12.8 Å². The van der Waals surface area contributed by atoms with E-state index in [2.05, 4.69) is 0 Å². The van der Waals surface area contributed by atoms with Crippen LogP contribution in [0.25, 0.3) is 0 Å². The van der Waals surface area contributed by atoms with Gasteiger partial charge in [0.05, 0.1) is 6.54 Å². The molecule has 5 heteroatoms. The molecule has 2 amide bonds. The number of amides is 2. The predicted octanol–water partition coefficient (Wildman–Crippen LogP) is -0.728. The second-order valence-electron chi connectivity index (χ2n) is 3.43. The molecule has 0 fully saturated rings. The van der Waals surface area contributed by atoms with Crippen LogP contribution in [0.1, 0.15) is 12.8 Å². The SMILES string of the molecule is CN(C)C(=O)CN(C)C(=O)CCCN. The van der Waals surface area contributed by atoms with Crippen molar-refractivity contribution in [2.24, 2.45) is 5.73 Å². The molecule has 0 unspecified atom stereocenters. The number of nitrogens with two attached hydrogens (primary N) is 1. The highest BCUT2D eigenvalue weighted by atomic mass is 16.2. The Morgan fingerprint density at radius 2 is 1.71 bits per heavy atom. The van der Waals surface area contributed by atoms with E-state index in [1.165, 1.54) is 9.80 Å². The van der Waals surface area contributed by atoms with E-state index in [0.717, 1.165) is 0 Å². The van der Waals surface area contributed by atoms with Gasteiger partial charge in [0.1, 0.15) is 0 Å². The monoisotopic (exact) mass is 201 g/mol. The Morgan fingerprint density at radius 1 is 1.14 bits per heavy atom. The summed E-state index contributed by atoms with van der Waals surface area (Å²) in [5.74, 6) is -0.112. The average molecular weight is 201 g/mol. The first-order valence-corrected chi connectivity index (χ1v) is 4.63. The molecule has 0 aliphatic rings. The third-order valence-electron chi connectivity index (χ3n) is 1.89. The number of hydrogen-bond donors (Lipinski definition) is 1. The second kappa shape index (κ2) is 6.37. The zero-order chi connectivity index (χ0) is 11.1. The van der Waals surface area contributed by atoms with Gasteiger partial charge in [0.15, 0.2) is 0 Å². The lowest BCUT2D eigenvalue weighted by Gasteiger charge is -2.19. The van der Waals surface area contributed by atoms with Crippen molar-refractivity contribution < 1.29 is 9.59 Å². The number of likely N-dealkylation sites (N-methyl/N-ethyl adjacent to an activating group) is 2. The van der Waals surface area contributed by atoms with E-state index in [1.54, 1.807) is 21.1 Å². The molecule has 0 aromatic rings. The molecule has 5 nitrogen and oxygen atoms in total. The van der Waals surface area contributed by atoms with E-state index in [9.17, 15) is 9.59 Å². The van der Waals surface area contributed by atoms with Gasteiger partial charge >= 0.3 is 0 Å². The summed E-state index contributed by atoms with van der Waals surface area (Å²) in [4.78, 5) is 25.5. The number of hydrogen-bond acceptors (Lipinski definition) is 3. The molecule has 0 bridgehead atoms. The Hall–Kier alpha value is -1.10. The maximum Gasteiger partial charge on any atom is 0.241 e. The van der Waals surface area contributed by atoms with E-state index in [-0.39, 0.29) is 18.4 Å². The van der Waals surface area contributed by atoms with E-state index in [0.29, 0.717) is 19.4 Å². The van der Waals surface area contributed by atoms with Gasteiger partial charge in [-0.1, -0.05) is 0 Å². The van der Waals surface area contributed by atoms with E-state index in [4.69, 9.17) is 5.73 Å². The molecular weight excluding hydrogens is 182 g/mol. The van der Waals surface area contributed by atoms with Gasteiger partial charge in [-0.2, -0.15) is 0 Å². The molecule has 14 heavy (non-hydrogen) atoms. The maximum atomic E-state index is 11.4. The Balaban J connectivity index is 3.89. The first-order chi connectivity index (χ1) is 6.49. The molecule has 0 aliphatic carbocycles. The standard InChI is InChI=1S/C9H19N3O2/c1-11(2)9(14)7-12(3)8(13)5-4-6-10/h4-7,10H2,1-3H3. The Morgan fingerprint density at radius 3 is 2.14 bits per heavy atom. The first-order valence-electron chi connectivity index (χ1n) is 4.63. The van der Waals surface area contributed by atoms with Crippen molar-refractivity contribution in [2.75, 3.05) is 34.2 Å². The van der Waals surface area contributed by atoms with Crippen LogP contribution in [-0.2, 0) is 9.59 Å². The minimum Gasteiger partial charge on any atom is -0.347 e. The summed E-state index contributed by atoms with van der Waals surface area (Å²) in [6.07, 6.45) is 1.08. The maximum absolute atomic E-state index is 11.4. The van der Waals surface area contributed by atoms with Crippen LogP contribution in [0.2, 0.25) is 0 Å². The third-order valence-corrected chi connectivity index (χ3v) is 1.89. The van der Waals surface area contributed by atoms with Gasteiger partial charge in [0.2, 0.25) is 11.8 Å². The molecule has 0 rings (SSSR count). The van der Waals surface area contributed by atoms with Crippen LogP contribution in [0, 0.1) is 0 Å². The van der Waals surface area contributed by atoms with Gasteiger partial charge < -0.3 is 15.5 Å². The quantitative estimate of drug-likeness (QED) is 0.638. The lowest BCUT2D eigenvalue weighted by Crippen LogP contribution is -2.37. The van der Waals surface area contributed by atoms with Crippen molar-refractivity contribution in [1.82, 2.24) is 9.80 Å². The summed E-state index contributed by atoms with van der Waals surface area (Å²) in [6, 6.07) is 0. The zero-order valence-corrected chi connectivity index (χ0v) is 9.12. The summed E-state index contributed by atoms with van der Waals surface area (Å²) < 4.78 is 0. The molecule has 82 valence electrons. The Kier molecular flexibility index (Phi) is 5.87. The molecule has 0 saturated heterocycles. The predicted molar refractivity (Wildman–Crippen MR) is 54.6 cm³/mol. The third kappa shape index (κ3) is 4.81. The van der Waals surface area contributed by atoms with Gasteiger partial charge in [-0.3, -0.25) is 9.59 Å². The van der Waals surface area contributed by atoms with Crippen molar-refractivity contribution in [1.29, 1.82) is 0 Å². The molecule has 2 N–H and O–H groups in total. The summed E-state index contributed by atoms with van der Waals surface area (Å²) in [5, 5.41) is 0. The fraction of sp³-hybridized carbons (Fsp3) is 0.778. The average Bonchev–Trinajstić information content (AvgIpc) is 2.13. The van der Waals surface area contributed by atoms with E-state index < -0.39 is 0 Å². The second-order valence-corrected chi connectivity index (χ2v) is 3.43. The summed E-state index contributed by atoms with van der Waals surface area (Å²) in [5.41, 5.74) is 5.28. The minimum atomic E-state index is -0.0754. The van der Waals surface area contributed by atoms with Crippen LogP contribution in [0.4, 0.5) is 0 Å². The molecule has 0 aliphatic heterocycles. The molecule has 0 aromatic carbocycles. The minimum absolute atomic E-state index is 0.0364. The van der Waals surface area contributed by atoms with Crippen LogP contribution >= 0.6 is 0 Å². The van der Waals surface area contributed by atoms with Gasteiger partial charge in [-0.15, -0.1) is 0 Å². The summed E-state index contributed by atoms with van der Waals surface area (Å²) >= 11 is 0. The largest absolute Gasteiger partial charge is 0.347 e. The van der Waals surface area contributed by atoms with Gasteiger partial charge in [0.25, 0.3) is 0 Å². The molecule has 0 spiro atoms.